The molecule has 20 heavy (non-hydrogen) atoms. The van der Waals surface area contributed by atoms with Crippen LogP contribution in [0, 0.1) is 0 Å². The summed E-state index contributed by atoms with van der Waals surface area (Å²) in [6, 6.07) is 16.4. The number of benzene rings is 2. The summed E-state index contributed by atoms with van der Waals surface area (Å²) in [6.07, 6.45) is 2.28. The number of hydrogen-bond acceptors (Lipinski definition) is 2. The molecule has 3 rings (SSSR count). The molecule has 0 aromatic heterocycles. The summed E-state index contributed by atoms with van der Waals surface area (Å²) in [5, 5.41) is 13.1. The first-order valence-electron chi connectivity index (χ1n) is 7.21. The van der Waals surface area contributed by atoms with E-state index in [4.69, 9.17) is 0 Å². The number of phenolic OH excluding ortho intramolecular Hbond substituents is 1. The monoisotopic (exact) mass is 267 g/mol. The highest BCUT2D eigenvalue weighted by molar-refractivity contribution is 5.51. The van der Waals surface area contributed by atoms with Crippen LogP contribution in [0.5, 0.6) is 5.75 Å². The predicted octanol–water partition coefficient (Wildman–Crippen LogP) is 4.62. The first-order valence-corrected chi connectivity index (χ1v) is 7.21. The van der Waals surface area contributed by atoms with Crippen molar-refractivity contribution >= 4 is 5.69 Å². The number of aromatic hydroxyl groups is 1. The molecule has 0 bridgehead atoms. The third-order valence-corrected chi connectivity index (χ3v) is 4.31. The van der Waals surface area contributed by atoms with Crippen molar-refractivity contribution < 1.29 is 5.11 Å². The van der Waals surface area contributed by atoms with Gasteiger partial charge in [-0.2, -0.15) is 0 Å². The molecule has 2 heteroatoms. The minimum absolute atomic E-state index is 0.244. The number of rotatable bonds is 2. The second-order valence-corrected chi connectivity index (χ2v) is 6.26. The Morgan fingerprint density at radius 2 is 1.90 bits per heavy atom. The lowest BCUT2D eigenvalue weighted by atomic mass is 9.71. The molecule has 0 radical (unpaired) electrons. The van der Waals surface area contributed by atoms with Gasteiger partial charge in [-0.1, -0.05) is 44.2 Å². The molecule has 0 saturated carbocycles. The lowest BCUT2D eigenvalue weighted by molar-refractivity contribution is 0.406. The molecule has 2 aromatic carbocycles. The van der Waals surface area contributed by atoms with E-state index in [-0.39, 0.29) is 5.41 Å². The molecule has 1 aliphatic carbocycles. The summed E-state index contributed by atoms with van der Waals surface area (Å²) >= 11 is 0. The fraction of sp³-hybridized carbons (Fsp3) is 0.333. The van der Waals surface area contributed by atoms with Crippen LogP contribution in [0.25, 0.3) is 0 Å². The number of hydrogen-bond donors (Lipinski definition) is 2. The molecule has 104 valence electrons. The predicted molar refractivity (Wildman–Crippen MR) is 83.2 cm³/mol. The van der Waals surface area contributed by atoms with Gasteiger partial charge in [0.1, 0.15) is 5.75 Å². The van der Waals surface area contributed by atoms with Crippen LogP contribution in [0.2, 0.25) is 0 Å². The number of phenols is 1. The molecular weight excluding hydrogens is 246 g/mol. The number of anilines is 1. The lowest BCUT2D eigenvalue weighted by Crippen LogP contribution is -2.29. The maximum atomic E-state index is 9.58. The van der Waals surface area contributed by atoms with Crippen LogP contribution in [0.4, 0.5) is 5.69 Å². The van der Waals surface area contributed by atoms with E-state index in [1.807, 2.05) is 12.1 Å². The molecule has 0 aliphatic heterocycles. The maximum absolute atomic E-state index is 9.58. The van der Waals surface area contributed by atoms with Crippen molar-refractivity contribution in [3.05, 3.63) is 59.7 Å². The Hall–Kier alpha value is -1.96. The summed E-state index contributed by atoms with van der Waals surface area (Å²) in [5.41, 5.74) is 4.04. The Labute approximate surface area is 120 Å². The largest absolute Gasteiger partial charge is 0.508 e. The van der Waals surface area contributed by atoms with Gasteiger partial charge in [0.15, 0.2) is 0 Å². The second-order valence-electron chi connectivity index (χ2n) is 6.26. The number of nitrogens with one attached hydrogen (secondary N) is 1. The van der Waals surface area contributed by atoms with Crippen LogP contribution in [-0.4, -0.2) is 5.11 Å². The minimum atomic E-state index is 0.244. The molecule has 2 N–H and O–H groups in total. The molecule has 0 saturated heterocycles. The third kappa shape index (κ3) is 2.38. The average molecular weight is 267 g/mol. The first-order chi connectivity index (χ1) is 9.56. The molecule has 0 heterocycles. The van der Waals surface area contributed by atoms with Gasteiger partial charge in [-0.25, -0.2) is 0 Å². The quantitative estimate of drug-likeness (QED) is 0.832. The van der Waals surface area contributed by atoms with Crippen LogP contribution in [0.1, 0.15) is 43.9 Å². The van der Waals surface area contributed by atoms with Crippen molar-refractivity contribution in [2.75, 3.05) is 5.32 Å². The molecule has 1 aliphatic rings. The summed E-state index contributed by atoms with van der Waals surface area (Å²) in [7, 11) is 0. The van der Waals surface area contributed by atoms with Gasteiger partial charge in [-0.15, -0.1) is 0 Å². The summed E-state index contributed by atoms with van der Waals surface area (Å²) in [6.45, 7) is 4.63. The van der Waals surface area contributed by atoms with E-state index in [9.17, 15) is 5.11 Å². The first kappa shape index (κ1) is 13.0. The van der Waals surface area contributed by atoms with Crippen LogP contribution >= 0.6 is 0 Å². The van der Waals surface area contributed by atoms with E-state index < -0.39 is 0 Å². The van der Waals surface area contributed by atoms with Crippen molar-refractivity contribution in [2.45, 2.75) is 38.1 Å². The van der Waals surface area contributed by atoms with Gasteiger partial charge >= 0.3 is 0 Å². The molecule has 1 unspecified atom stereocenters. The SMILES string of the molecule is CC1(C)CCC(Nc2cccc(O)c2)c2ccccc21. The fourth-order valence-corrected chi connectivity index (χ4v) is 3.16. The second kappa shape index (κ2) is 4.86. The van der Waals surface area contributed by atoms with Crippen LogP contribution in [0.3, 0.4) is 0 Å². The van der Waals surface area contributed by atoms with Crippen molar-refractivity contribution in [3.8, 4) is 5.75 Å². The maximum Gasteiger partial charge on any atom is 0.117 e. The zero-order valence-corrected chi connectivity index (χ0v) is 12.1. The van der Waals surface area contributed by atoms with Crippen LogP contribution < -0.4 is 5.32 Å². The Bertz CT molecular complexity index is 618. The molecule has 0 amide bonds. The summed E-state index contributed by atoms with van der Waals surface area (Å²) in [4.78, 5) is 0. The van der Waals surface area contributed by atoms with Crippen molar-refractivity contribution in [1.29, 1.82) is 0 Å². The van der Waals surface area contributed by atoms with Gasteiger partial charge in [0.05, 0.1) is 6.04 Å². The Balaban J connectivity index is 1.92. The van der Waals surface area contributed by atoms with E-state index in [0.717, 1.165) is 12.1 Å². The molecule has 2 nitrogen and oxygen atoms in total. The van der Waals surface area contributed by atoms with Gasteiger partial charge in [0.25, 0.3) is 0 Å². The highest BCUT2D eigenvalue weighted by atomic mass is 16.3. The highest BCUT2D eigenvalue weighted by Crippen LogP contribution is 2.42. The highest BCUT2D eigenvalue weighted by Gasteiger charge is 2.32. The molecule has 1 atom stereocenters. The van der Waals surface area contributed by atoms with E-state index in [1.54, 1.807) is 12.1 Å². The molecule has 0 spiro atoms. The van der Waals surface area contributed by atoms with Gasteiger partial charge in [-0.3, -0.25) is 0 Å². The van der Waals surface area contributed by atoms with E-state index >= 15 is 0 Å². The normalized spacial score (nSPS) is 20.2. The average Bonchev–Trinajstić information content (AvgIpc) is 2.43. The van der Waals surface area contributed by atoms with E-state index in [1.165, 1.54) is 17.5 Å². The van der Waals surface area contributed by atoms with Gasteiger partial charge < -0.3 is 10.4 Å². The molecule has 2 aromatic rings. The zero-order chi connectivity index (χ0) is 14.2. The Kier molecular flexibility index (Phi) is 3.17. The number of fused-ring (bicyclic) bond motifs is 1. The lowest BCUT2D eigenvalue weighted by Gasteiger charge is -2.37. The van der Waals surface area contributed by atoms with Crippen molar-refractivity contribution in [2.24, 2.45) is 0 Å². The molecule has 0 fully saturated rings. The Morgan fingerprint density at radius 1 is 1.10 bits per heavy atom. The van der Waals surface area contributed by atoms with Gasteiger partial charge in [0, 0.05) is 11.8 Å². The van der Waals surface area contributed by atoms with Gasteiger partial charge in [-0.05, 0) is 41.5 Å². The summed E-state index contributed by atoms with van der Waals surface area (Å²) in [5.74, 6) is 0.305. The third-order valence-electron chi connectivity index (χ3n) is 4.31. The smallest absolute Gasteiger partial charge is 0.117 e. The summed E-state index contributed by atoms with van der Waals surface area (Å²) < 4.78 is 0. The van der Waals surface area contributed by atoms with Gasteiger partial charge in [0.2, 0.25) is 0 Å². The van der Waals surface area contributed by atoms with Crippen molar-refractivity contribution in [3.63, 3.8) is 0 Å². The van der Waals surface area contributed by atoms with E-state index in [0.29, 0.717) is 11.8 Å². The van der Waals surface area contributed by atoms with Crippen LogP contribution in [-0.2, 0) is 5.41 Å². The minimum Gasteiger partial charge on any atom is -0.508 e. The zero-order valence-electron chi connectivity index (χ0n) is 12.1. The van der Waals surface area contributed by atoms with Crippen LogP contribution in [0.15, 0.2) is 48.5 Å². The Morgan fingerprint density at radius 3 is 2.70 bits per heavy atom. The fourth-order valence-electron chi connectivity index (χ4n) is 3.16. The molecular formula is C18H21NO. The topological polar surface area (TPSA) is 32.3 Å². The standard InChI is InChI=1S/C18H21NO/c1-18(2)11-10-17(15-8-3-4-9-16(15)18)19-13-6-5-7-14(20)12-13/h3-9,12,17,19-20H,10-11H2,1-2H3. The van der Waals surface area contributed by atoms with Crippen molar-refractivity contribution in [1.82, 2.24) is 0 Å². The van der Waals surface area contributed by atoms with E-state index in [2.05, 4.69) is 43.4 Å².